The van der Waals surface area contributed by atoms with Crippen molar-refractivity contribution < 1.29 is 19.0 Å². The number of nitrogens with two attached hydrogens (primary N) is 1. The lowest BCUT2D eigenvalue weighted by atomic mass is 10.2. The van der Waals surface area contributed by atoms with Crippen LogP contribution < -0.4 is 5.73 Å². The highest BCUT2D eigenvalue weighted by Gasteiger charge is 2.10. The van der Waals surface area contributed by atoms with E-state index in [0.717, 1.165) is 5.56 Å². The summed E-state index contributed by atoms with van der Waals surface area (Å²) in [5, 5.41) is 8.46. The zero-order valence-electron chi connectivity index (χ0n) is 8.02. The van der Waals surface area contributed by atoms with Gasteiger partial charge in [0.2, 0.25) is 0 Å². The molecule has 0 saturated carbocycles. The molecular weight excluding hydrogens is 201 g/mol. The SMILES string of the molecule is NC(COCc1ccc(F)cc1)C(=O)O. The van der Waals surface area contributed by atoms with Crippen molar-refractivity contribution in [2.75, 3.05) is 6.61 Å². The third-order valence-corrected chi connectivity index (χ3v) is 1.80. The first-order valence-electron chi connectivity index (χ1n) is 4.40. The van der Waals surface area contributed by atoms with Gasteiger partial charge in [-0.25, -0.2) is 4.39 Å². The summed E-state index contributed by atoms with van der Waals surface area (Å²) in [4.78, 5) is 10.3. The standard InChI is InChI=1S/C10H12FNO3/c11-8-3-1-7(2-4-8)5-15-6-9(12)10(13)14/h1-4,9H,5-6,12H2,(H,13,14). The average Bonchev–Trinajstić information content (AvgIpc) is 2.20. The molecule has 15 heavy (non-hydrogen) atoms. The predicted molar refractivity (Wildman–Crippen MR) is 51.7 cm³/mol. The molecule has 0 aromatic heterocycles. The van der Waals surface area contributed by atoms with E-state index < -0.39 is 12.0 Å². The van der Waals surface area contributed by atoms with Gasteiger partial charge in [0.05, 0.1) is 13.2 Å². The number of carboxylic acids is 1. The van der Waals surface area contributed by atoms with Gasteiger partial charge in [-0.05, 0) is 17.7 Å². The fourth-order valence-electron chi connectivity index (χ4n) is 0.956. The number of rotatable bonds is 5. The molecule has 0 fully saturated rings. The highest BCUT2D eigenvalue weighted by molar-refractivity contribution is 5.73. The first-order valence-corrected chi connectivity index (χ1v) is 4.40. The highest BCUT2D eigenvalue weighted by atomic mass is 19.1. The molecule has 0 heterocycles. The molecule has 5 heteroatoms. The minimum atomic E-state index is -1.10. The molecule has 1 aromatic carbocycles. The van der Waals surface area contributed by atoms with Crippen LogP contribution in [0.1, 0.15) is 5.56 Å². The second kappa shape index (κ2) is 5.43. The van der Waals surface area contributed by atoms with Gasteiger partial charge in [0.15, 0.2) is 0 Å². The number of hydrogen-bond donors (Lipinski definition) is 2. The molecule has 0 spiro atoms. The molecule has 0 aliphatic heterocycles. The molecule has 3 N–H and O–H groups in total. The van der Waals surface area contributed by atoms with E-state index in [4.69, 9.17) is 15.6 Å². The summed E-state index contributed by atoms with van der Waals surface area (Å²) >= 11 is 0. The van der Waals surface area contributed by atoms with E-state index in [1.165, 1.54) is 12.1 Å². The summed E-state index contributed by atoms with van der Waals surface area (Å²) in [5.74, 6) is -1.42. The maximum Gasteiger partial charge on any atom is 0.322 e. The third-order valence-electron chi connectivity index (χ3n) is 1.80. The van der Waals surface area contributed by atoms with Gasteiger partial charge in [0.25, 0.3) is 0 Å². The Hall–Kier alpha value is -1.46. The van der Waals surface area contributed by atoms with Crippen molar-refractivity contribution in [1.29, 1.82) is 0 Å². The van der Waals surface area contributed by atoms with Crippen molar-refractivity contribution in [2.45, 2.75) is 12.6 Å². The minimum absolute atomic E-state index is 0.0628. The summed E-state index contributed by atoms with van der Waals surface area (Å²) in [6.45, 7) is 0.161. The van der Waals surface area contributed by atoms with Gasteiger partial charge < -0.3 is 15.6 Å². The second-order valence-electron chi connectivity index (χ2n) is 3.09. The van der Waals surface area contributed by atoms with Crippen LogP contribution in [0.4, 0.5) is 4.39 Å². The fraction of sp³-hybridized carbons (Fsp3) is 0.300. The Bertz CT molecular complexity index is 326. The molecule has 1 atom stereocenters. The Labute approximate surface area is 86.5 Å². The summed E-state index contributed by atoms with van der Waals surface area (Å²) in [6.07, 6.45) is 0. The number of aliphatic carboxylic acids is 1. The fourth-order valence-corrected chi connectivity index (χ4v) is 0.956. The van der Waals surface area contributed by atoms with Crippen molar-refractivity contribution >= 4 is 5.97 Å². The van der Waals surface area contributed by atoms with Crippen LogP contribution >= 0.6 is 0 Å². The smallest absolute Gasteiger partial charge is 0.322 e. The third kappa shape index (κ3) is 4.05. The Morgan fingerprint density at radius 3 is 2.60 bits per heavy atom. The molecule has 0 aliphatic rings. The molecule has 82 valence electrons. The monoisotopic (exact) mass is 213 g/mol. The average molecular weight is 213 g/mol. The summed E-state index contributed by atoms with van der Waals surface area (Å²) in [6, 6.07) is 4.75. The number of halogens is 1. The second-order valence-corrected chi connectivity index (χ2v) is 3.09. The lowest BCUT2D eigenvalue weighted by Crippen LogP contribution is -2.34. The Morgan fingerprint density at radius 2 is 2.07 bits per heavy atom. The van der Waals surface area contributed by atoms with E-state index in [-0.39, 0.29) is 19.0 Å². The first kappa shape index (κ1) is 11.6. The van der Waals surface area contributed by atoms with E-state index in [1.807, 2.05) is 0 Å². The minimum Gasteiger partial charge on any atom is -0.480 e. The Kier molecular flexibility index (Phi) is 4.20. The molecular formula is C10H12FNO3. The number of carboxylic acid groups (broad SMARTS) is 1. The summed E-state index contributed by atoms with van der Waals surface area (Å²) in [7, 11) is 0. The number of carbonyl (C=O) groups is 1. The number of benzene rings is 1. The van der Waals surface area contributed by atoms with Crippen LogP contribution in [0.2, 0.25) is 0 Å². The molecule has 1 rings (SSSR count). The van der Waals surface area contributed by atoms with Crippen molar-refractivity contribution in [3.05, 3.63) is 35.6 Å². The lowest BCUT2D eigenvalue weighted by Gasteiger charge is -2.07. The van der Waals surface area contributed by atoms with Crippen LogP contribution in [0.25, 0.3) is 0 Å². The normalized spacial score (nSPS) is 12.4. The van der Waals surface area contributed by atoms with Crippen LogP contribution in [0, 0.1) is 5.82 Å². The molecule has 0 amide bonds. The van der Waals surface area contributed by atoms with Crippen LogP contribution in [-0.2, 0) is 16.1 Å². The summed E-state index contributed by atoms with van der Waals surface area (Å²) < 4.78 is 17.6. The van der Waals surface area contributed by atoms with Crippen LogP contribution in [0.5, 0.6) is 0 Å². The van der Waals surface area contributed by atoms with E-state index in [9.17, 15) is 9.18 Å². The lowest BCUT2D eigenvalue weighted by molar-refractivity contribution is -0.140. The molecule has 1 unspecified atom stereocenters. The van der Waals surface area contributed by atoms with Crippen molar-refractivity contribution in [2.24, 2.45) is 5.73 Å². The van der Waals surface area contributed by atoms with Crippen molar-refractivity contribution in [3.63, 3.8) is 0 Å². The molecule has 0 bridgehead atoms. The van der Waals surface area contributed by atoms with E-state index >= 15 is 0 Å². The molecule has 1 aromatic rings. The first-order chi connectivity index (χ1) is 7.09. The Balaban J connectivity index is 2.32. The largest absolute Gasteiger partial charge is 0.480 e. The van der Waals surface area contributed by atoms with Gasteiger partial charge in [-0.1, -0.05) is 12.1 Å². The van der Waals surface area contributed by atoms with E-state index in [1.54, 1.807) is 12.1 Å². The molecule has 0 radical (unpaired) electrons. The van der Waals surface area contributed by atoms with Gasteiger partial charge in [0.1, 0.15) is 11.9 Å². The predicted octanol–water partition coefficient (Wildman–Crippen LogP) is 0.754. The van der Waals surface area contributed by atoms with E-state index in [2.05, 4.69) is 0 Å². The summed E-state index contributed by atoms with van der Waals surface area (Å²) in [5.41, 5.74) is 5.99. The number of hydrogen-bond acceptors (Lipinski definition) is 3. The molecule has 0 aliphatic carbocycles. The highest BCUT2D eigenvalue weighted by Crippen LogP contribution is 2.04. The number of ether oxygens (including phenoxy) is 1. The molecule has 4 nitrogen and oxygen atoms in total. The molecule has 0 saturated heterocycles. The maximum atomic E-state index is 12.5. The quantitative estimate of drug-likeness (QED) is 0.757. The van der Waals surface area contributed by atoms with Gasteiger partial charge in [-0.2, -0.15) is 0 Å². The van der Waals surface area contributed by atoms with Gasteiger partial charge in [-0.15, -0.1) is 0 Å². The zero-order valence-corrected chi connectivity index (χ0v) is 8.02. The van der Waals surface area contributed by atoms with E-state index in [0.29, 0.717) is 0 Å². The van der Waals surface area contributed by atoms with Crippen molar-refractivity contribution in [1.82, 2.24) is 0 Å². The zero-order chi connectivity index (χ0) is 11.3. The Morgan fingerprint density at radius 1 is 1.47 bits per heavy atom. The van der Waals surface area contributed by atoms with Gasteiger partial charge >= 0.3 is 5.97 Å². The van der Waals surface area contributed by atoms with Crippen molar-refractivity contribution in [3.8, 4) is 0 Å². The van der Waals surface area contributed by atoms with Crippen LogP contribution in [0.3, 0.4) is 0 Å². The van der Waals surface area contributed by atoms with Gasteiger partial charge in [0, 0.05) is 0 Å². The van der Waals surface area contributed by atoms with Gasteiger partial charge in [-0.3, -0.25) is 4.79 Å². The maximum absolute atomic E-state index is 12.5. The van der Waals surface area contributed by atoms with Crippen LogP contribution in [-0.4, -0.2) is 23.7 Å². The van der Waals surface area contributed by atoms with Crippen LogP contribution in [0.15, 0.2) is 24.3 Å². The topological polar surface area (TPSA) is 72.5 Å².